The quantitative estimate of drug-likeness (QED) is 0.550. The summed E-state index contributed by atoms with van der Waals surface area (Å²) in [6.45, 7) is 0.820. The van der Waals surface area contributed by atoms with E-state index in [0.717, 1.165) is 16.9 Å². The molecule has 0 atom stereocenters. The normalized spacial score (nSPS) is 10.3. The monoisotopic (exact) mass is 415 g/mol. The number of benzene rings is 2. The number of carbonyl (C=O) groups excluding carboxylic acids is 2. The second-order valence-electron chi connectivity index (χ2n) is 7.01. The lowest BCUT2D eigenvalue weighted by Crippen LogP contribution is -2.33. The summed E-state index contributed by atoms with van der Waals surface area (Å²) in [5, 5.41) is 15.9. The summed E-state index contributed by atoms with van der Waals surface area (Å²) in [4.78, 5) is 26.3. The van der Waals surface area contributed by atoms with E-state index in [1.165, 1.54) is 0 Å². The third-order valence-electron chi connectivity index (χ3n) is 4.82. The summed E-state index contributed by atoms with van der Waals surface area (Å²) in [5.74, 6) is -0.319. The molecule has 158 valence electrons. The molecular weight excluding hydrogens is 390 g/mol. The molecule has 0 radical (unpaired) electrons. The molecule has 0 aliphatic heterocycles. The van der Waals surface area contributed by atoms with Crippen molar-refractivity contribution in [2.75, 3.05) is 18.0 Å². The SMILES string of the molecule is N#CCCN(C(=O)CCC(=O)NCCc1ccc(-n2cccn2)cc1)c1ccccc1. The predicted octanol–water partition coefficient (Wildman–Crippen LogP) is 3.26. The van der Waals surface area contributed by atoms with E-state index < -0.39 is 0 Å². The largest absolute Gasteiger partial charge is 0.356 e. The van der Waals surface area contributed by atoms with Crippen LogP contribution < -0.4 is 10.2 Å². The van der Waals surface area contributed by atoms with Crippen molar-refractivity contribution in [3.05, 3.63) is 78.6 Å². The van der Waals surface area contributed by atoms with Crippen LogP contribution in [-0.4, -0.2) is 34.7 Å². The summed E-state index contributed by atoms with van der Waals surface area (Å²) in [7, 11) is 0. The summed E-state index contributed by atoms with van der Waals surface area (Å²) < 4.78 is 1.79. The van der Waals surface area contributed by atoms with Crippen molar-refractivity contribution in [2.45, 2.75) is 25.7 Å². The first kappa shape index (κ1) is 21.8. The Morgan fingerprint density at radius 1 is 1.03 bits per heavy atom. The van der Waals surface area contributed by atoms with Crippen molar-refractivity contribution in [3.63, 3.8) is 0 Å². The number of nitriles is 1. The van der Waals surface area contributed by atoms with Gasteiger partial charge in [-0.15, -0.1) is 0 Å². The molecule has 1 N–H and O–H groups in total. The first-order valence-corrected chi connectivity index (χ1v) is 10.3. The van der Waals surface area contributed by atoms with Crippen LogP contribution in [0.2, 0.25) is 0 Å². The Balaban J connectivity index is 1.43. The Morgan fingerprint density at radius 3 is 2.48 bits per heavy atom. The van der Waals surface area contributed by atoms with E-state index in [1.54, 1.807) is 15.8 Å². The topological polar surface area (TPSA) is 91.0 Å². The Labute approximate surface area is 181 Å². The maximum atomic E-state index is 12.6. The average Bonchev–Trinajstić information content (AvgIpc) is 3.34. The number of para-hydroxylation sites is 1. The Bertz CT molecular complexity index is 1010. The van der Waals surface area contributed by atoms with Crippen molar-refractivity contribution in [1.82, 2.24) is 15.1 Å². The Hall–Kier alpha value is -3.92. The minimum Gasteiger partial charge on any atom is -0.356 e. The van der Waals surface area contributed by atoms with Crippen LogP contribution in [0, 0.1) is 11.3 Å². The number of rotatable bonds is 10. The highest BCUT2D eigenvalue weighted by Crippen LogP contribution is 2.15. The molecule has 3 rings (SSSR count). The molecule has 0 spiro atoms. The predicted molar refractivity (Wildman–Crippen MR) is 119 cm³/mol. The number of amides is 2. The maximum absolute atomic E-state index is 12.6. The summed E-state index contributed by atoms with van der Waals surface area (Å²) in [6.07, 6.45) is 4.79. The summed E-state index contributed by atoms with van der Waals surface area (Å²) >= 11 is 0. The molecule has 0 saturated heterocycles. The fourth-order valence-electron chi connectivity index (χ4n) is 3.19. The van der Waals surface area contributed by atoms with E-state index >= 15 is 0 Å². The van der Waals surface area contributed by atoms with Gasteiger partial charge in [0.05, 0.1) is 18.2 Å². The van der Waals surface area contributed by atoms with Crippen LogP contribution in [0.25, 0.3) is 5.69 Å². The van der Waals surface area contributed by atoms with Crippen molar-refractivity contribution >= 4 is 17.5 Å². The van der Waals surface area contributed by atoms with Gasteiger partial charge in [0.2, 0.25) is 11.8 Å². The zero-order chi connectivity index (χ0) is 21.9. The van der Waals surface area contributed by atoms with Crippen molar-refractivity contribution in [2.24, 2.45) is 0 Å². The fraction of sp³-hybridized carbons (Fsp3) is 0.250. The second-order valence-corrected chi connectivity index (χ2v) is 7.01. The minimum absolute atomic E-state index is 0.102. The lowest BCUT2D eigenvalue weighted by Gasteiger charge is -2.21. The van der Waals surface area contributed by atoms with Crippen molar-refractivity contribution in [3.8, 4) is 11.8 Å². The molecule has 0 aliphatic rings. The van der Waals surface area contributed by atoms with E-state index in [4.69, 9.17) is 5.26 Å². The van der Waals surface area contributed by atoms with Gasteiger partial charge in [-0.3, -0.25) is 9.59 Å². The fourth-order valence-corrected chi connectivity index (χ4v) is 3.19. The highest BCUT2D eigenvalue weighted by atomic mass is 16.2. The smallest absolute Gasteiger partial charge is 0.227 e. The van der Waals surface area contributed by atoms with Crippen LogP contribution in [0.4, 0.5) is 5.69 Å². The van der Waals surface area contributed by atoms with Gasteiger partial charge in [-0.05, 0) is 42.3 Å². The van der Waals surface area contributed by atoms with Crippen LogP contribution in [0.15, 0.2) is 73.1 Å². The number of aromatic nitrogens is 2. The lowest BCUT2D eigenvalue weighted by molar-refractivity contribution is -0.125. The maximum Gasteiger partial charge on any atom is 0.227 e. The molecule has 7 nitrogen and oxygen atoms in total. The van der Waals surface area contributed by atoms with E-state index in [2.05, 4.69) is 16.5 Å². The van der Waals surface area contributed by atoms with Crippen molar-refractivity contribution < 1.29 is 9.59 Å². The molecular formula is C24H25N5O2. The van der Waals surface area contributed by atoms with E-state index in [9.17, 15) is 9.59 Å². The number of anilines is 1. The molecule has 31 heavy (non-hydrogen) atoms. The Morgan fingerprint density at radius 2 is 1.81 bits per heavy atom. The highest BCUT2D eigenvalue weighted by Gasteiger charge is 2.16. The van der Waals surface area contributed by atoms with Gasteiger partial charge >= 0.3 is 0 Å². The van der Waals surface area contributed by atoms with E-state index in [0.29, 0.717) is 19.5 Å². The standard InChI is InChI=1S/C24H25N5O2/c25-15-4-18-28(21-6-2-1-3-7-21)24(31)13-12-23(30)26-17-14-20-8-10-22(11-9-20)29-19-5-16-27-29/h1-3,5-11,16,19H,4,12-14,17-18H2,(H,26,30). The van der Waals surface area contributed by atoms with Crippen LogP contribution in [0.5, 0.6) is 0 Å². The molecule has 3 aromatic rings. The molecule has 1 heterocycles. The summed E-state index contributed by atoms with van der Waals surface area (Å²) in [6, 6.07) is 21.1. The number of hydrogen-bond donors (Lipinski definition) is 1. The average molecular weight is 415 g/mol. The molecule has 0 saturated carbocycles. The van der Waals surface area contributed by atoms with Gasteiger partial charge in [-0.25, -0.2) is 4.68 Å². The molecule has 1 aromatic heterocycles. The number of hydrogen-bond acceptors (Lipinski definition) is 4. The lowest BCUT2D eigenvalue weighted by atomic mass is 10.1. The zero-order valence-corrected chi connectivity index (χ0v) is 17.3. The first-order valence-electron chi connectivity index (χ1n) is 10.3. The molecule has 0 bridgehead atoms. The van der Waals surface area contributed by atoms with Gasteiger partial charge in [0.25, 0.3) is 0 Å². The van der Waals surface area contributed by atoms with Gasteiger partial charge in [0.1, 0.15) is 0 Å². The molecule has 0 fully saturated rings. The molecule has 2 amide bonds. The van der Waals surface area contributed by atoms with Gasteiger partial charge < -0.3 is 10.2 Å². The second kappa shape index (κ2) is 11.3. The van der Waals surface area contributed by atoms with Crippen LogP contribution in [0.3, 0.4) is 0 Å². The van der Waals surface area contributed by atoms with Crippen molar-refractivity contribution in [1.29, 1.82) is 5.26 Å². The summed E-state index contributed by atoms with van der Waals surface area (Å²) in [5.41, 5.74) is 2.83. The molecule has 7 heteroatoms. The van der Waals surface area contributed by atoms with Gasteiger partial charge in [0, 0.05) is 44.0 Å². The number of nitrogens with zero attached hydrogens (tertiary/aromatic N) is 4. The highest BCUT2D eigenvalue weighted by molar-refractivity contribution is 5.95. The zero-order valence-electron chi connectivity index (χ0n) is 17.3. The third kappa shape index (κ3) is 6.54. The Kier molecular flexibility index (Phi) is 7.95. The number of carbonyl (C=O) groups is 2. The van der Waals surface area contributed by atoms with E-state index in [1.807, 2.05) is 66.9 Å². The first-order chi connectivity index (χ1) is 15.2. The molecule has 0 aliphatic carbocycles. The molecule has 2 aromatic carbocycles. The van der Waals surface area contributed by atoms with Gasteiger partial charge in [-0.2, -0.15) is 10.4 Å². The minimum atomic E-state index is -0.161. The molecule has 0 unspecified atom stereocenters. The van der Waals surface area contributed by atoms with Crippen LogP contribution in [0.1, 0.15) is 24.8 Å². The van der Waals surface area contributed by atoms with E-state index in [-0.39, 0.29) is 31.1 Å². The third-order valence-corrected chi connectivity index (χ3v) is 4.82. The number of nitrogens with one attached hydrogen (secondary N) is 1. The van der Waals surface area contributed by atoms with Gasteiger partial charge in [-0.1, -0.05) is 30.3 Å². The van der Waals surface area contributed by atoms with Gasteiger partial charge in [0.15, 0.2) is 0 Å². The van der Waals surface area contributed by atoms with Crippen LogP contribution in [-0.2, 0) is 16.0 Å². The van der Waals surface area contributed by atoms with Crippen LogP contribution >= 0.6 is 0 Å².